The Bertz CT molecular complexity index is 422. The first kappa shape index (κ1) is 37.0. The fourth-order valence-electron chi connectivity index (χ4n) is 4.64. The number of allylic oxidation sites excluding steroid dienone is 1. The topological polar surface area (TPSA) is 26.3 Å². The Hall–Kier alpha value is -0.167. The molecule has 0 aliphatic rings. The van der Waals surface area contributed by atoms with E-state index in [4.69, 9.17) is 4.74 Å². The Morgan fingerprint density at radius 1 is 0.486 bits per heavy atom. The molecule has 0 rings (SSSR count). The molecule has 35 heavy (non-hydrogen) atoms. The molecule has 0 aromatic rings. The Kier molecular flexibility index (Phi) is 35.8. The molecule has 0 atom stereocenters. The molecule has 0 heterocycles. The van der Waals surface area contributed by atoms with E-state index < -0.39 is 0 Å². The predicted molar refractivity (Wildman–Crippen MR) is 151 cm³/mol. The molecule has 3 heteroatoms. The van der Waals surface area contributed by atoms with E-state index in [2.05, 4.69) is 13.8 Å². The second-order valence-electron chi connectivity index (χ2n) is 10.5. The van der Waals surface area contributed by atoms with E-state index in [9.17, 15) is 4.79 Å². The summed E-state index contributed by atoms with van der Waals surface area (Å²) in [4.78, 5) is 11.8. The van der Waals surface area contributed by atoms with Gasteiger partial charge in [-0.15, -0.1) is 0 Å². The number of carbonyl (C=O) groups is 1. The van der Waals surface area contributed by atoms with Crippen LogP contribution < -0.4 is 0 Å². The molecule has 0 unspecified atom stereocenters. The maximum Gasteiger partial charge on any atom is 0.310 e. The van der Waals surface area contributed by atoms with Crippen LogP contribution in [0, 0.1) is 0 Å². The third-order valence-corrected chi connectivity index (χ3v) is 7.00. The Morgan fingerprint density at radius 2 is 0.800 bits per heavy atom. The molecule has 0 bridgehead atoms. The van der Waals surface area contributed by atoms with Crippen LogP contribution in [0.4, 0.5) is 0 Å². The number of unbranched alkanes of at least 4 members (excludes halogenated alkanes) is 24. The molecule has 0 saturated carbocycles. The van der Waals surface area contributed by atoms with Crippen molar-refractivity contribution in [3.8, 4) is 0 Å². The van der Waals surface area contributed by atoms with Gasteiger partial charge in [-0.25, -0.2) is 0 Å². The normalized spacial score (nSPS) is 11.1. The summed E-state index contributed by atoms with van der Waals surface area (Å²) in [5.41, 5.74) is 0. The van der Waals surface area contributed by atoms with Gasteiger partial charge in [0.25, 0.3) is 0 Å². The van der Waals surface area contributed by atoms with E-state index in [1.165, 1.54) is 148 Å². The molecule has 2 nitrogen and oxygen atoms in total. The van der Waals surface area contributed by atoms with Crippen LogP contribution in [0.5, 0.6) is 0 Å². The smallest absolute Gasteiger partial charge is 0.310 e. The third kappa shape index (κ3) is 33.8. The van der Waals surface area contributed by atoms with E-state index in [1.807, 2.05) is 6.08 Å². The first-order valence-electron chi connectivity index (χ1n) is 15.7. The molecular weight excluding hydrogens is 482 g/mol. The summed E-state index contributed by atoms with van der Waals surface area (Å²) in [6.45, 7) is 4.56. The maximum atomic E-state index is 11.8. The largest absolute Gasteiger partial charge is 0.435 e. The van der Waals surface area contributed by atoms with Crippen LogP contribution in [-0.2, 0) is 29.0 Å². The Labute approximate surface area is 234 Å². The summed E-state index contributed by atoms with van der Waals surface area (Å²) in [6, 6.07) is 0. The number of hydrogen-bond donors (Lipinski definition) is 0. The van der Waals surface area contributed by atoms with Gasteiger partial charge in [0.05, 0.1) is 6.26 Å². The standard InChI is InChI=1S/C32H62O2.Zn/c1-3-5-7-9-11-13-15-16-17-18-19-21-23-25-27-29-31-34-32(33)30-28-26-24-22-20-14-12-10-8-6-4-2;/h29,31H,3-28,30H2,1-2H3;. The van der Waals surface area contributed by atoms with Crippen molar-refractivity contribution >= 4 is 5.97 Å². The van der Waals surface area contributed by atoms with E-state index >= 15 is 0 Å². The van der Waals surface area contributed by atoms with Crippen LogP contribution >= 0.6 is 0 Å². The van der Waals surface area contributed by atoms with Crippen molar-refractivity contribution in [2.24, 2.45) is 0 Å². The zero-order chi connectivity index (χ0) is 24.8. The van der Waals surface area contributed by atoms with Gasteiger partial charge in [0, 0.05) is 25.9 Å². The first-order chi connectivity index (χ1) is 16.8. The fraction of sp³-hybridized carbons (Fsp3) is 0.906. The predicted octanol–water partition coefficient (Wildman–Crippen LogP) is 11.6. The molecule has 0 radical (unpaired) electrons. The van der Waals surface area contributed by atoms with Crippen molar-refractivity contribution < 1.29 is 29.0 Å². The van der Waals surface area contributed by atoms with Crippen LogP contribution in [0.2, 0.25) is 0 Å². The van der Waals surface area contributed by atoms with Crippen molar-refractivity contribution in [1.29, 1.82) is 0 Å². The van der Waals surface area contributed by atoms with Crippen LogP contribution in [0.3, 0.4) is 0 Å². The van der Waals surface area contributed by atoms with Crippen molar-refractivity contribution in [1.82, 2.24) is 0 Å². The van der Waals surface area contributed by atoms with Gasteiger partial charge >= 0.3 is 5.97 Å². The van der Waals surface area contributed by atoms with E-state index in [-0.39, 0.29) is 25.4 Å². The van der Waals surface area contributed by atoms with E-state index in [0.717, 1.165) is 19.3 Å². The molecule has 0 spiro atoms. The molecule has 0 fully saturated rings. The maximum absolute atomic E-state index is 11.8. The quantitative estimate of drug-likeness (QED) is 0.0424. The van der Waals surface area contributed by atoms with Crippen molar-refractivity contribution in [2.75, 3.05) is 0 Å². The zero-order valence-corrected chi connectivity index (χ0v) is 27.2. The minimum Gasteiger partial charge on any atom is -0.435 e. The molecule has 0 aliphatic carbocycles. The van der Waals surface area contributed by atoms with Gasteiger partial charge < -0.3 is 4.74 Å². The summed E-state index contributed by atoms with van der Waals surface area (Å²) < 4.78 is 5.23. The summed E-state index contributed by atoms with van der Waals surface area (Å²) in [5, 5.41) is 0. The minimum absolute atomic E-state index is 0. The van der Waals surface area contributed by atoms with Gasteiger partial charge in [0.15, 0.2) is 0 Å². The zero-order valence-electron chi connectivity index (χ0n) is 24.3. The summed E-state index contributed by atoms with van der Waals surface area (Å²) in [6.07, 6.45) is 39.1. The second kappa shape index (κ2) is 33.8. The number of esters is 1. The van der Waals surface area contributed by atoms with Crippen molar-refractivity contribution in [3.63, 3.8) is 0 Å². The summed E-state index contributed by atoms with van der Waals surface area (Å²) in [5.74, 6) is -0.0619. The van der Waals surface area contributed by atoms with Gasteiger partial charge in [-0.05, 0) is 25.3 Å². The van der Waals surface area contributed by atoms with Crippen LogP contribution in [0.15, 0.2) is 12.3 Å². The fourth-order valence-corrected chi connectivity index (χ4v) is 4.64. The number of rotatable bonds is 28. The van der Waals surface area contributed by atoms with Crippen molar-refractivity contribution in [3.05, 3.63) is 12.3 Å². The molecule has 0 aromatic carbocycles. The molecule has 0 saturated heterocycles. The third-order valence-electron chi connectivity index (χ3n) is 7.00. The molecular formula is C32H62O2Zn. The minimum atomic E-state index is -0.0619. The summed E-state index contributed by atoms with van der Waals surface area (Å²) in [7, 11) is 0. The van der Waals surface area contributed by atoms with Gasteiger partial charge in [0.1, 0.15) is 0 Å². The van der Waals surface area contributed by atoms with E-state index in [0.29, 0.717) is 6.42 Å². The number of ether oxygens (including phenoxy) is 1. The van der Waals surface area contributed by atoms with Crippen LogP contribution in [0.25, 0.3) is 0 Å². The molecule has 0 aromatic heterocycles. The Morgan fingerprint density at radius 3 is 1.17 bits per heavy atom. The number of carbonyl (C=O) groups excluding carboxylic acids is 1. The summed E-state index contributed by atoms with van der Waals surface area (Å²) >= 11 is 0. The van der Waals surface area contributed by atoms with Gasteiger partial charge in [-0.2, -0.15) is 0 Å². The molecule has 0 N–H and O–H groups in total. The molecule has 204 valence electrons. The van der Waals surface area contributed by atoms with Gasteiger partial charge in [-0.3, -0.25) is 4.79 Å². The SMILES string of the molecule is CCCCCCCCCCCCCCCCC=COC(=O)CCCCCCCCCCCCC.[Zn]. The van der Waals surface area contributed by atoms with Gasteiger partial charge in [-0.1, -0.05) is 162 Å². The average molecular weight is 544 g/mol. The van der Waals surface area contributed by atoms with Gasteiger partial charge in [0.2, 0.25) is 0 Å². The van der Waals surface area contributed by atoms with Crippen LogP contribution in [-0.4, -0.2) is 5.97 Å². The Balaban J connectivity index is 0. The molecule has 0 amide bonds. The first-order valence-corrected chi connectivity index (χ1v) is 15.7. The monoisotopic (exact) mass is 542 g/mol. The van der Waals surface area contributed by atoms with Crippen LogP contribution in [0.1, 0.15) is 187 Å². The van der Waals surface area contributed by atoms with Crippen molar-refractivity contribution in [2.45, 2.75) is 187 Å². The average Bonchev–Trinajstić information content (AvgIpc) is 2.84. The number of hydrogen-bond acceptors (Lipinski definition) is 2. The molecule has 0 aliphatic heterocycles. The van der Waals surface area contributed by atoms with E-state index in [1.54, 1.807) is 6.26 Å². The second-order valence-corrected chi connectivity index (χ2v) is 10.5.